The maximum Gasteiger partial charge on any atom is 0.246 e. The van der Waals surface area contributed by atoms with Gasteiger partial charge in [-0.05, 0) is 42.8 Å². The number of anilines is 1. The lowest BCUT2D eigenvalue weighted by molar-refractivity contribution is -0.122. The molecule has 0 saturated carbocycles. The number of halogens is 2. The highest BCUT2D eigenvalue weighted by Gasteiger charge is 2.23. The molecule has 12 heteroatoms. The summed E-state index contributed by atoms with van der Waals surface area (Å²) in [7, 11) is 1.56. The van der Waals surface area contributed by atoms with Crippen LogP contribution in [0.25, 0.3) is 17.1 Å². The normalized spacial score (nSPS) is 14.8. The van der Waals surface area contributed by atoms with Crippen molar-refractivity contribution in [2.75, 3.05) is 38.2 Å². The van der Waals surface area contributed by atoms with Gasteiger partial charge in [0.2, 0.25) is 11.8 Å². The molecule has 0 bridgehead atoms. The van der Waals surface area contributed by atoms with Gasteiger partial charge in [0.25, 0.3) is 0 Å². The Morgan fingerprint density at radius 2 is 1.93 bits per heavy atom. The highest BCUT2D eigenvalue weighted by Crippen LogP contribution is 2.35. The molecule has 3 aromatic carbocycles. The fourth-order valence-electron chi connectivity index (χ4n) is 4.66. The van der Waals surface area contributed by atoms with Crippen LogP contribution in [0.1, 0.15) is 27.2 Å². The maximum absolute atomic E-state index is 13.0. The van der Waals surface area contributed by atoms with Crippen molar-refractivity contribution >= 4 is 63.6 Å². The molecule has 5 rings (SSSR count). The molecule has 232 valence electrons. The van der Waals surface area contributed by atoms with E-state index in [1.807, 2.05) is 19.1 Å². The molecular weight excluding hydrogens is 617 g/mol. The minimum Gasteiger partial charge on any atom is -0.486 e. The van der Waals surface area contributed by atoms with Gasteiger partial charge in [-0.15, -0.1) is 0 Å². The van der Waals surface area contributed by atoms with Crippen molar-refractivity contribution in [3.63, 3.8) is 0 Å². The first-order valence-electron chi connectivity index (χ1n) is 14.2. The lowest BCUT2D eigenvalue weighted by Crippen LogP contribution is -2.43. The van der Waals surface area contributed by atoms with E-state index < -0.39 is 17.9 Å². The Balaban J connectivity index is 1.17. The molecule has 0 aliphatic carbocycles. The van der Waals surface area contributed by atoms with E-state index in [0.717, 1.165) is 17.8 Å². The third-order valence-electron chi connectivity index (χ3n) is 7.19. The number of hydrogen-bond donors (Lipinski definition) is 2. The number of carbonyl (C=O) groups is 3. The predicted octanol–water partition coefficient (Wildman–Crippen LogP) is 4.79. The number of aryl methyl sites for hydroxylation is 1. The number of hydrogen-bond acceptors (Lipinski definition) is 8. The van der Waals surface area contributed by atoms with Gasteiger partial charge in [0, 0.05) is 48.6 Å². The quantitative estimate of drug-likeness (QED) is 0.186. The molecule has 1 aromatic heterocycles. The van der Waals surface area contributed by atoms with E-state index in [1.165, 1.54) is 11.0 Å². The summed E-state index contributed by atoms with van der Waals surface area (Å²) < 4.78 is 11.6. The number of carbonyl (C=O) groups excluding carboxylic acids is 3. The average Bonchev–Trinajstić information content (AvgIpc) is 3.06. The van der Waals surface area contributed by atoms with E-state index >= 15 is 0 Å². The summed E-state index contributed by atoms with van der Waals surface area (Å²) in [6.45, 7) is 3.33. The summed E-state index contributed by atoms with van der Waals surface area (Å²) >= 11 is 13.2. The second-order valence-corrected chi connectivity index (χ2v) is 11.1. The largest absolute Gasteiger partial charge is 0.486 e. The number of aromatic nitrogens is 2. The Hall–Kier alpha value is -4.35. The Morgan fingerprint density at radius 1 is 1.13 bits per heavy atom. The molecule has 0 spiro atoms. The van der Waals surface area contributed by atoms with Gasteiger partial charge in [0.15, 0.2) is 5.78 Å². The van der Waals surface area contributed by atoms with Gasteiger partial charge < -0.3 is 25.0 Å². The smallest absolute Gasteiger partial charge is 0.246 e. The van der Waals surface area contributed by atoms with Gasteiger partial charge in [0.1, 0.15) is 24.0 Å². The summed E-state index contributed by atoms with van der Waals surface area (Å²) in [4.78, 5) is 48.2. The Labute approximate surface area is 270 Å². The second kappa shape index (κ2) is 14.6. The zero-order valence-electron chi connectivity index (χ0n) is 24.7. The Bertz CT molecular complexity index is 1760. The zero-order chi connectivity index (χ0) is 31.9. The number of morpholine rings is 1. The molecule has 1 unspecified atom stereocenters. The van der Waals surface area contributed by atoms with E-state index in [2.05, 4.69) is 20.6 Å². The fraction of sp³-hybridized carbons (Fsp3) is 0.242. The van der Waals surface area contributed by atoms with E-state index in [4.69, 9.17) is 32.7 Å². The number of likely N-dealkylation sites (N-methyl/N-ethyl adjacent to an activating group) is 1. The standard InChI is InChI=1S/C33H31Cl2N5O5/c1-20-16-37-25-4-3-5-27(32(25)39-20)45-19-23-24(34)11-12-26(31(23)35)40(2)30(42)18-38-29(41)13-8-21-6-9-22(10-7-21)33(43)28-17-36-14-15-44-28/h3-13,16,28,36H,14-15,17-19H2,1-2H3,(H,38,41). The molecule has 2 heterocycles. The molecular formula is C33H31Cl2N5O5. The SMILES string of the molecule is Cc1cnc2cccc(OCc3c(Cl)ccc(N(C)C(=O)CNC(=O)C=Cc4ccc(C(=O)C5CNCCO5)cc4)c3Cl)c2n1. The van der Waals surface area contributed by atoms with Gasteiger partial charge in [-0.2, -0.15) is 0 Å². The van der Waals surface area contributed by atoms with Crippen molar-refractivity contribution in [3.8, 4) is 5.75 Å². The predicted molar refractivity (Wildman–Crippen MR) is 174 cm³/mol. The lowest BCUT2D eigenvalue weighted by Gasteiger charge is -2.22. The minimum absolute atomic E-state index is 0.0323. The van der Waals surface area contributed by atoms with E-state index in [0.29, 0.717) is 51.8 Å². The van der Waals surface area contributed by atoms with Crippen LogP contribution in [0.5, 0.6) is 5.75 Å². The van der Waals surface area contributed by atoms with Gasteiger partial charge in [-0.25, -0.2) is 4.98 Å². The molecule has 2 amide bonds. The molecule has 1 atom stereocenters. The van der Waals surface area contributed by atoms with Crippen LogP contribution in [-0.2, 0) is 20.9 Å². The van der Waals surface area contributed by atoms with Crippen molar-refractivity contribution < 1.29 is 23.9 Å². The van der Waals surface area contributed by atoms with Crippen LogP contribution < -0.4 is 20.3 Å². The van der Waals surface area contributed by atoms with E-state index in [9.17, 15) is 14.4 Å². The number of fused-ring (bicyclic) bond motifs is 1. The van der Waals surface area contributed by atoms with Gasteiger partial charge in [-0.1, -0.05) is 53.5 Å². The lowest BCUT2D eigenvalue weighted by atomic mass is 10.0. The molecule has 1 aliphatic heterocycles. The van der Waals surface area contributed by atoms with Crippen LogP contribution in [0.3, 0.4) is 0 Å². The Morgan fingerprint density at radius 3 is 2.69 bits per heavy atom. The Kier molecular flexibility index (Phi) is 10.4. The zero-order valence-corrected chi connectivity index (χ0v) is 26.2. The average molecular weight is 649 g/mol. The molecule has 4 aromatic rings. The number of ketones is 1. The first-order valence-corrected chi connectivity index (χ1v) is 15.0. The number of rotatable bonds is 10. The molecule has 1 saturated heterocycles. The summed E-state index contributed by atoms with van der Waals surface area (Å²) in [5.41, 5.74) is 4.23. The van der Waals surface area contributed by atoms with Crippen molar-refractivity contribution in [2.45, 2.75) is 19.6 Å². The number of amides is 2. The van der Waals surface area contributed by atoms with Gasteiger partial charge in [-0.3, -0.25) is 19.4 Å². The number of nitrogens with zero attached hydrogens (tertiary/aromatic N) is 3. The van der Waals surface area contributed by atoms with Crippen LogP contribution in [0, 0.1) is 6.92 Å². The molecule has 0 radical (unpaired) electrons. The number of benzene rings is 3. The van der Waals surface area contributed by atoms with Gasteiger partial charge in [0.05, 0.1) is 35.1 Å². The summed E-state index contributed by atoms with van der Waals surface area (Å²) in [5, 5.41) is 6.36. The van der Waals surface area contributed by atoms with Gasteiger partial charge >= 0.3 is 0 Å². The first kappa shape index (κ1) is 32.1. The van der Waals surface area contributed by atoms with Crippen LogP contribution in [0.15, 0.2) is 66.9 Å². The third-order valence-corrected chi connectivity index (χ3v) is 7.96. The van der Waals surface area contributed by atoms with Crippen LogP contribution >= 0.6 is 23.2 Å². The van der Waals surface area contributed by atoms with Crippen molar-refractivity contribution in [3.05, 3.63) is 99.3 Å². The second-order valence-electron chi connectivity index (χ2n) is 10.3. The first-order chi connectivity index (χ1) is 21.7. The van der Waals surface area contributed by atoms with Crippen LogP contribution in [0.4, 0.5) is 5.69 Å². The summed E-state index contributed by atoms with van der Waals surface area (Å²) in [6, 6.07) is 15.6. The van der Waals surface area contributed by atoms with Crippen molar-refractivity contribution in [1.82, 2.24) is 20.6 Å². The molecule has 45 heavy (non-hydrogen) atoms. The third kappa shape index (κ3) is 7.84. The summed E-state index contributed by atoms with van der Waals surface area (Å²) in [6.07, 6.45) is 4.10. The number of ether oxygens (including phenoxy) is 2. The van der Waals surface area contributed by atoms with Crippen LogP contribution in [-0.4, -0.2) is 67.0 Å². The maximum atomic E-state index is 13.0. The number of para-hydroxylation sites is 1. The van der Waals surface area contributed by atoms with E-state index in [-0.39, 0.29) is 24.0 Å². The minimum atomic E-state index is -0.501. The highest BCUT2D eigenvalue weighted by atomic mass is 35.5. The van der Waals surface area contributed by atoms with Crippen molar-refractivity contribution in [2.24, 2.45) is 0 Å². The summed E-state index contributed by atoms with van der Waals surface area (Å²) in [5.74, 6) is -0.413. The van der Waals surface area contributed by atoms with Crippen LogP contribution in [0.2, 0.25) is 10.0 Å². The molecule has 2 N–H and O–H groups in total. The van der Waals surface area contributed by atoms with Crippen molar-refractivity contribution in [1.29, 1.82) is 0 Å². The topological polar surface area (TPSA) is 123 Å². The molecule has 10 nitrogen and oxygen atoms in total. The highest BCUT2D eigenvalue weighted by molar-refractivity contribution is 6.38. The monoisotopic (exact) mass is 647 g/mol. The molecule has 1 aliphatic rings. The number of Topliss-reactive ketones (excluding diaryl/α,β-unsaturated/α-hetero) is 1. The molecule has 1 fully saturated rings. The fourth-order valence-corrected chi connectivity index (χ4v) is 5.27. The van der Waals surface area contributed by atoms with E-state index in [1.54, 1.807) is 61.8 Å². The number of nitrogens with one attached hydrogen (secondary N) is 2.